The SMILES string of the molecule is COC(=O)c1ccc(N)cc1OCCCC(C)(C)C#N. The van der Waals surface area contributed by atoms with Gasteiger partial charge in [-0.05, 0) is 38.8 Å². The van der Waals surface area contributed by atoms with Crippen LogP contribution in [0.4, 0.5) is 5.69 Å². The summed E-state index contributed by atoms with van der Waals surface area (Å²) in [6.07, 6.45) is 1.44. The highest BCUT2D eigenvalue weighted by atomic mass is 16.5. The molecule has 5 heteroatoms. The first kappa shape index (κ1) is 15.8. The Labute approximate surface area is 119 Å². The van der Waals surface area contributed by atoms with Crippen LogP contribution in [0.1, 0.15) is 37.0 Å². The van der Waals surface area contributed by atoms with Gasteiger partial charge in [0.1, 0.15) is 11.3 Å². The molecule has 1 rings (SSSR count). The van der Waals surface area contributed by atoms with Crippen LogP contribution in [0.15, 0.2) is 18.2 Å². The first-order chi connectivity index (χ1) is 9.39. The molecule has 0 aromatic heterocycles. The van der Waals surface area contributed by atoms with Gasteiger partial charge in [0, 0.05) is 11.8 Å². The number of anilines is 1. The van der Waals surface area contributed by atoms with Crippen molar-refractivity contribution in [3.8, 4) is 11.8 Å². The van der Waals surface area contributed by atoms with Crippen molar-refractivity contribution >= 4 is 11.7 Å². The maximum Gasteiger partial charge on any atom is 0.341 e. The second-order valence-corrected chi connectivity index (χ2v) is 5.19. The van der Waals surface area contributed by atoms with E-state index < -0.39 is 5.97 Å². The van der Waals surface area contributed by atoms with Crippen molar-refractivity contribution in [1.29, 1.82) is 5.26 Å². The van der Waals surface area contributed by atoms with Crippen LogP contribution in [0, 0.1) is 16.7 Å². The van der Waals surface area contributed by atoms with Crippen molar-refractivity contribution < 1.29 is 14.3 Å². The van der Waals surface area contributed by atoms with Gasteiger partial charge in [0.05, 0.1) is 25.2 Å². The Morgan fingerprint density at radius 2 is 2.15 bits per heavy atom. The lowest BCUT2D eigenvalue weighted by Gasteiger charge is -2.15. The Morgan fingerprint density at radius 3 is 2.75 bits per heavy atom. The van der Waals surface area contributed by atoms with Crippen LogP contribution < -0.4 is 10.5 Å². The molecule has 2 N–H and O–H groups in total. The largest absolute Gasteiger partial charge is 0.493 e. The number of benzene rings is 1. The van der Waals surface area contributed by atoms with Crippen LogP contribution in [0.3, 0.4) is 0 Å². The molecule has 0 atom stereocenters. The third-order valence-corrected chi connectivity index (χ3v) is 2.92. The van der Waals surface area contributed by atoms with Crippen molar-refractivity contribution in [1.82, 2.24) is 0 Å². The topological polar surface area (TPSA) is 85.3 Å². The van der Waals surface area contributed by atoms with Gasteiger partial charge in [-0.15, -0.1) is 0 Å². The standard InChI is InChI=1S/C15H20N2O3/c1-15(2,10-16)7-4-8-20-13-9-11(17)5-6-12(13)14(18)19-3/h5-6,9H,4,7-8,17H2,1-3H3. The van der Waals surface area contributed by atoms with E-state index in [9.17, 15) is 4.79 Å². The molecule has 0 bridgehead atoms. The molecule has 0 amide bonds. The van der Waals surface area contributed by atoms with E-state index in [0.717, 1.165) is 12.8 Å². The van der Waals surface area contributed by atoms with Crippen LogP contribution in [0.25, 0.3) is 0 Å². The fourth-order valence-electron chi connectivity index (χ4n) is 1.69. The summed E-state index contributed by atoms with van der Waals surface area (Å²) in [7, 11) is 1.32. The first-order valence-electron chi connectivity index (χ1n) is 6.41. The van der Waals surface area contributed by atoms with E-state index in [4.69, 9.17) is 20.5 Å². The van der Waals surface area contributed by atoms with Crippen molar-refractivity contribution in [2.24, 2.45) is 5.41 Å². The van der Waals surface area contributed by atoms with Gasteiger partial charge in [-0.2, -0.15) is 5.26 Å². The normalized spacial score (nSPS) is 10.7. The van der Waals surface area contributed by atoms with E-state index in [2.05, 4.69) is 6.07 Å². The molecule has 1 aromatic carbocycles. The maximum absolute atomic E-state index is 11.6. The predicted octanol–water partition coefficient (Wildman–Crippen LogP) is 2.76. The molecule has 108 valence electrons. The smallest absolute Gasteiger partial charge is 0.341 e. The zero-order valence-corrected chi connectivity index (χ0v) is 12.1. The molecular weight excluding hydrogens is 256 g/mol. The third kappa shape index (κ3) is 4.47. The monoisotopic (exact) mass is 276 g/mol. The van der Waals surface area contributed by atoms with Gasteiger partial charge >= 0.3 is 5.97 Å². The van der Waals surface area contributed by atoms with Gasteiger partial charge in [-0.25, -0.2) is 4.79 Å². The zero-order valence-electron chi connectivity index (χ0n) is 12.1. The number of esters is 1. The molecule has 0 aliphatic heterocycles. The fourth-order valence-corrected chi connectivity index (χ4v) is 1.69. The lowest BCUT2D eigenvalue weighted by Crippen LogP contribution is -2.11. The number of methoxy groups -OCH3 is 1. The summed E-state index contributed by atoms with van der Waals surface area (Å²) in [5.74, 6) is -0.0519. The zero-order chi connectivity index (χ0) is 15.2. The second-order valence-electron chi connectivity index (χ2n) is 5.19. The summed E-state index contributed by atoms with van der Waals surface area (Å²) < 4.78 is 10.3. The van der Waals surface area contributed by atoms with Gasteiger partial charge in [0.15, 0.2) is 0 Å². The number of ether oxygens (including phenoxy) is 2. The molecule has 0 spiro atoms. The number of nitrogens with two attached hydrogens (primary N) is 1. The number of nitrogen functional groups attached to an aromatic ring is 1. The number of hydrogen-bond acceptors (Lipinski definition) is 5. The van der Waals surface area contributed by atoms with Crippen LogP contribution in [-0.4, -0.2) is 19.7 Å². The van der Waals surface area contributed by atoms with Crippen molar-refractivity contribution in [3.05, 3.63) is 23.8 Å². The quantitative estimate of drug-likeness (QED) is 0.490. The molecule has 1 aromatic rings. The molecule has 5 nitrogen and oxygen atoms in total. The third-order valence-electron chi connectivity index (χ3n) is 2.92. The van der Waals surface area contributed by atoms with E-state index in [-0.39, 0.29) is 5.41 Å². The van der Waals surface area contributed by atoms with E-state index in [0.29, 0.717) is 23.6 Å². The molecule has 0 saturated carbocycles. The Hall–Kier alpha value is -2.22. The molecule has 20 heavy (non-hydrogen) atoms. The summed E-state index contributed by atoms with van der Waals surface area (Å²) in [6, 6.07) is 7.04. The summed E-state index contributed by atoms with van der Waals surface area (Å²) in [4.78, 5) is 11.6. The Balaban J connectivity index is 2.66. The van der Waals surface area contributed by atoms with E-state index in [1.165, 1.54) is 7.11 Å². The molecule has 0 fully saturated rings. The average Bonchev–Trinajstić information content (AvgIpc) is 2.43. The van der Waals surface area contributed by atoms with Crippen LogP contribution in [-0.2, 0) is 4.74 Å². The molecular formula is C15H20N2O3. The van der Waals surface area contributed by atoms with Crippen LogP contribution in [0.2, 0.25) is 0 Å². The number of hydrogen-bond donors (Lipinski definition) is 1. The Bertz CT molecular complexity index is 518. The summed E-state index contributed by atoms with van der Waals surface area (Å²) in [5, 5.41) is 8.93. The summed E-state index contributed by atoms with van der Waals surface area (Å²) in [6.45, 7) is 4.18. The summed E-state index contributed by atoms with van der Waals surface area (Å²) >= 11 is 0. The van der Waals surface area contributed by atoms with Gasteiger partial charge in [0.25, 0.3) is 0 Å². The van der Waals surface area contributed by atoms with Crippen LogP contribution >= 0.6 is 0 Å². The lowest BCUT2D eigenvalue weighted by atomic mass is 9.90. The van der Waals surface area contributed by atoms with Gasteiger partial charge in [-0.1, -0.05) is 0 Å². The highest BCUT2D eigenvalue weighted by Gasteiger charge is 2.17. The number of rotatable bonds is 6. The lowest BCUT2D eigenvalue weighted by molar-refractivity contribution is 0.0596. The maximum atomic E-state index is 11.6. The van der Waals surface area contributed by atoms with Gasteiger partial charge in [-0.3, -0.25) is 0 Å². The van der Waals surface area contributed by atoms with Crippen molar-refractivity contribution in [3.63, 3.8) is 0 Å². The highest BCUT2D eigenvalue weighted by Crippen LogP contribution is 2.24. The molecule has 0 saturated heterocycles. The van der Waals surface area contributed by atoms with E-state index in [1.807, 2.05) is 13.8 Å². The minimum Gasteiger partial charge on any atom is -0.493 e. The van der Waals surface area contributed by atoms with Gasteiger partial charge in [0.2, 0.25) is 0 Å². The van der Waals surface area contributed by atoms with E-state index in [1.54, 1.807) is 18.2 Å². The minimum absolute atomic E-state index is 0.348. The van der Waals surface area contributed by atoms with Crippen molar-refractivity contribution in [2.45, 2.75) is 26.7 Å². The highest BCUT2D eigenvalue weighted by molar-refractivity contribution is 5.93. The number of nitrogens with zero attached hydrogens (tertiary/aromatic N) is 1. The molecule has 0 radical (unpaired) electrons. The second kappa shape index (κ2) is 6.80. The molecule has 0 aliphatic carbocycles. The number of carbonyl (C=O) groups is 1. The predicted molar refractivity (Wildman–Crippen MR) is 76.3 cm³/mol. The van der Waals surface area contributed by atoms with Crippen LogP contribution in [0.5, 0.6) is 5.75 Å². The first-order valence-corrected chi connectivity index (χ1v) is 6.41. The molecule has 0 heterocycles. The molecule has 0 unspecified atom stereocenters. The number of nitriles is 1. The van der Waals surface area contributed by atoms with Crippen molar-refractivity contribution in [2.75, 3.05) is 19.5 Å². The average molecular weight is 276 g/mol. The molecule has 0 aliphatic rings. The van der Waals surface area contributed by atoms with E-state index >= 15 is 0 Å². The summed E-state index contributed by atoms with van der Waals surface area (Å²) in [5.41, 5.74) is 6.19. The fraction of sp³-hybridized carbons (Fsp3) is 0.467. The minimum atomic E-state index is -0.461. The Kier molecular flexibility index (Phi) is 5.39. The van der Waals surface area contributed by atoms with Gasteiger partial charge < -0.3 is 15.2 Å². The number of carbonyl (C=O) groups excluding carboxylic acids is 1. The Morgan fingerprint density at radius 1 is 1.45 bits per heavy atom.